The van der Waals surface area contributed by atoms with Crippen molar-refractivity contribution in [3.05, 3.63) is 65.5 Å². The average molecular weight is 337 g/mol. The Morgan fingerprint density at radius 2 is 1.96 bits per heavy atom. The molecule has 3 heterocycles. The molecule has 0 spiro atoms. The van der Waals surface area contributed by atoms with E-state index in [9.17, 15) is 0 Å². The third-order valence-corrected chi connectivity index (χ3v) is 5.64. The first-order valence-electron chi connectivity index (χ1n) is 9.37. The molecule has 0 amide bonds. The molecule has 2 atom stereocenters. The summed E-state index contributed by atoms with van der Waals surface area (Å²) in [5.74, 6) is 0. The first kappa shape index (κ1) is 16.7. The number of hydrogen-bond acceptors (Lipinski definition) is 4. The summed E-state index contributed by atoms with van der Waals surface area (Å²) in [6.45, 7) is 8.55. The topological polar surface area (TPSA) is 28.6 Å². The van der Waals surface area contributed by atoms with E-state index in [1.165, 1.54) is 16.7 Å². The quantitative estimate of drug-likeness (QED) is 0.857. The Hall–Kier alpha value is -1.75. The summed E-state index contributed by atoms with van der Waals surface area (Å²) < 4.78 is 6.09. The van der Waals surface area contributed by atoms with E-state index in [1.54, 1.807) is 0 Å². The summed E-state index contributed by atoms with van der Waals surface area (Å²) in [7, 11) is 0. The highest BCUT2D eigenvalue weighted by Gasteiger charge is 2.26. The second kappa shape index (κ2) is 7.65. The lowest BCUT2D eigenvalue weighted by Gasteiger charge is -2.40. The van der Waals surface area contributed by atoms with Crippen LogP contribution in [0.4, 0.5) is 0 Å². The summed E-state index contributed by atoms with van der Waals surface area (Å²) in [5.41, 5.74) is 4.16. The normalized spacial score (nSPS) is 23.2. The van der Waals surface area contributed by atoms with Gasteiger partial charge in [-0.15, -0.1) is 0 Å². The highest BCUT2D eigenvalue weighted by Crippen LogP contribution is 2.28. The Bertz CT molecular complexity index is 683. The summed E-state index contributed by atoms with van der Waals surface area (Å²) in [6.07, 6.45) is 5.11. The van der Waals surface area contributed by atoms with E-state index in [2.05, 4.69) is 52.0 Å². The number of pyridine rings is 1. The van der Waals surface area contributed by atoms with Crippen molar-refractivity contribution in [3.8, 4) is 0 Å². The first-order chi connectivity index (χ1) is 12.3. The number of aromatic nitrogens is 1. The maximum absolute atomic E-state index is 6.09. The molecule has 0 saturated carbocycles. The van der Waals surface area contributed by atoms with Crippen LogP contribution >= 0.6 is 0 Å². The van der Waals surface area contributed by atoms with Crippen LogP contribution in [0.15, 0.2) is 48.8 Å². The number of fused-ring (bicyclic) bond motifs is 1. The number of benzene rings is 1. The van der Waals surface area contributed by atoms with E-state index in [1.807, 2.05) is 18.5 Å². The third kappa shape index (κ3) is 3.76. The predicted molar refractivity (Wildman–Crippen MR) is 99.5 cm³/mol. The standard InChI is InChI=1S/C21H27N3O/c1-17(19-6-4-9-22-15-19)24-12-10-23(11-13-24)16-21-20-7-3-2-5-18(20)8-14-25-21/h2-7,9,15,17,21H,8,10-14,16H2,1H3/t17-,21+/m1/s1. The maximum Gasteiger partial charge on any atom is 0.0954 e. The number of piperazine rings is 1. The van der Waals surface area contributed by atoms with Gasteiger partial charge in [0.25, 0.3) is 0 Å². The molecule has 25 heavy (non-hydrogen) atoms. The van der Waals surface area contributed by atoms with Gasteiger partial charge < -0.3 is 4.74 Å². The minimum absolute atomic E-state index is 0.229. The fourth-order valence-corrected chi connectivity index (χ4v) is 4.03. The van der Waals surface area contributed by atoms with Crippen molar-refractivity contribution in [2.45, 2.75) is 25.5 Å². The smallest absolute Gasteiger partial charge is 0.0954 e. The molecule has 0 aliphatic carbocycles. The highest BCUT2D eigenvalue weighted by atomic mass is 16.5. The van der Waals surface area contributed by atoms with Crippen LogP contribution in [0.5, 0.6) is 0 Å². The van der Waals surface area contributed by atoms with Crippen molar-refractivity contribution < 1.29 is 4.74 Å². The largest absolute Gasteiger partial charge is 0.372 e. The molecule has 2 aliphatic rings. The lowest BCUT2D eigenvalue weighted by atomic mass is 9.97. The Morgan fingerprint density at radius 1 is 1.12 bits per heavy atom. The van der Waals surface area contributed by atoms with E-state index < -0.39 is 0 Å². The van der Waals surface area contributed by atoms with Crippen molar-refractivity contribution in [2.75, 3.05) is 39.3 Å². The van der Waals surface area contributed by atoms with Crippen LogP contribution in [0.25, 0.3) is 0 Å². The van der Waals surface area contributed by atoms with Crippen LogP contribution in [0, 0.1) is 0 Å². The lowest BCUT2D eigenvalue weighted by molar-refractivity contribution is 0.000931. The van der Waals surface area contributed by atoms with E-state index in [0.29, 0.717) is 6.04 Å². The summed E-state index contributed by atoms with van der Waals surface area (Å²) in [4.78, 5) is 9.37. The molecule has 132 valence electrons. The van der Waals surface area contributed by atoms with Gasteiger partial charge in [0.05, 0.1) is 12.7 Å². The SMILES string of the molecule is C[C@H](c1cccnc1)N1CCN(C[C@@H]2OCCc3ccccc32)CC1. The van der Waals surface area contributed by atoms with Gasteiger partial charge in [-0.1, -0.05) is 30.3 Å². The molecule has 0 N–H and O–H groups in total. The molecule has 1 aromatic heterocycles. The van der Waals surface area contributed by atoms with Crippen molar-refractivity contribution >= 4 is 0 Å². The molecule has 0 unspecified atom stereocenters. The molecule has 4 rings (SSSR count). The lowest BCUT2D eigenvalue weighted by Crippen LogP contribution is -2.48. The molecule has 1 fully saturated rings. The van der Waals surface area contributed by atoms with Crippen molar-refractivity contribution in [2.24, 2.45) is 0 Å². The van der Waals surface area contributed by atoms with Crippen molar-refractivity contribution in [1.29, 1.82) is 0 Å². The summed E-state index contributed by atoms with van der Waals surface area (Å²) in [6, 6.07) is 13.4. The molecule has 4 nitrogen and oxygen atoms in total. The zero-order chi connectivity index (χ0) is 17.1. The fraction of sp³-hybridized carbons (Fsp3) is 0.476. The van der Waals surface area contributed by atoms with Gasteiger partial charge in [-0.3, -0.25) is 14.8 Å². The second-order valence-corrected chi connectivity index (χ2v) is 7.11. The van der Waals surface area contributed by atoms with Crippen LogP contribution in [0.2, 0.25) is 0 Å². The van der Waals surface area contributed by atoms with E-state index >= 15 is 0 Å². The molecule has 1 saturated heterocycles. The van der Waals surface area contributed by atoms with Crippen LogP contribution in [0.3, 0.4) is 0 Å². The number of rotatable bonds is 4. The summed E-state index contributed by atoms with van der Waals surface area (Å²) >= 11 is 0. The van der Waals surface area contributed by atoms with Gasteiger partial charge in [0.2, 0.25) is 0 Å². The Balaban J connectivity index is 1.34. The third-order valence-electron chi connectivity index (χ3n) is 5.64. The Labute approximate surface area is 150 Å². The monoisotopic (exact) mass is 337 g/mol. The zero-order valence-corrected chi connectivity index (χ0v) is 15.0. The van der Waals surface area contributed by atoms with Crippen LogP contribution in [0.1, 0.15) is 35.8 Å². The number of hydrogen-bond donors (Lipinski definition) is 0. The molecule has 0 radical (unpaired) electrons. The van der Waals surface area contributed by atoms with Crippen LogP contribution in [-0.2, 0) is 11.2 Å². The van der Waals surface area contributed by atoms with Gasteiger partial charge in [-0.05, 0) is 36.1 Å². The van der Waals surface area contributed by atoms with Gasteiger partial charge in [-0.25, -0.2) is 0 Å². The Morgan fingerprint density at radius 3 is 2.76 bits per heavy atom. The predicted octanol–water partition coefficient (Wildman–Crippen LogP) is 3.07. The second-order valence-electron chi connectivity index (χ2n) is 7.11. The van der Waals surface area contributed by atoms with Gasteiger partial charge in [0.15, 0.2) is 0 Å². The van der Waals surface area contributed by atoms with Gasteiger partial charge in [-0.2, -0.15) is 0 Å². The van der Waals surface area contributed by atoms with Gasteiger partial charge in [0.1, 0.15) is 0 Å². The fourth-order valence-electron chi connectivity index (χ4n) is 4.03. The van der Waals surface area contributed by atoms with Crippen molar-refractivity contribution in [3.63, 3.8) is 0 Å². The molecule has 0 bridgehead atoms. The minimum Gasteiger partial charge on any atom is -0.372 e. The molecular weight excluding hydrogens is 310 g/mol. The van der Waals surface area contributed by atoms with Gasteiger partial charge >= 0.3 is 0 Å². The molecule has 4 heteroatoms. The molecule has 2 aromatic rings. The van der Waals surface area contributed by atoms with Crippen LogP contribution < -0.4 is 0 Å². The molecular formula is C21H27N3O. The first-order valence-corrected chi connectivity index (χ1v) is 9.37. The average Bonchev–Trinajstić information content (AvgIpc) is 2.69. The maximum atomic E-state index is 6.09. The summed E-state index contributed by atoms with van der Waals surface area (Å²) in [5, 5.41) is 0. The number of nitrogens with zero attached hydrogens (tertiary/aromatic N) is 3. The highest BCUT2D eigenvalue weighted by molar-refractivity contribution is 5.31. The molecule has 2 aliphatic heterocycles. The van der Waals surface area contributed by atoms with Crippen LogP contribution in [-0.4, -0.2) is 54.1 Å². The zero-order valence-electron chi connectivity index (χ0n) is 15.0. The van der Waals surface area contributed by atoms with E-state index in [0.717, 1.165) is 45.8 Å². The van der Waals surface area contributed by atoms with Crippen molar-refractivity contribution in [1.82, 2.24) is 14.8 Å². The van der Waals surface area contributed by atoms with E-state index in [4.69, 9.17) is 4.74 Å². The Kier molecular flexibility index (Phi) is 5.11. The molecule has 1 aromatic carbocycles. The van der Waals surface area contributed by atoms with E-state index in [-0.39, 0.29) is 6.10 Å². The minimum atomic E-state index is 0.229. The van der Waals surface area contributed by atoms with Gasteiger partial charge in [0, 0.05) is 51.2 Å². The number of ether oxygens (including phenoxy) is 1.